The minimum Gasteiger partial charge on any atom is -0.371 e. The van der Waals surface area contributed by atoms with E-state index in [9.17, 15) is 0 Å². The van der Waals surface area contributed by atoms with Gasteiger partial charge in [0.25, 0.3) is 0 Å². The molecule has 2 aliphatic rings. The van der Waals surface area contributed by atoms with Gasteiger partial charge in [-0.25, -0.2) is 0 Å². The van der Waals surface area contributed by atoms with Crippen molar-refractivity contribution in [2.24, 2.45) is 5.41 Å². The molecular weight excluding hydrogens is 276 g/mol. The van der Waals surface area contributed by atoms with Crippen molar-refractivity contribution in [1.82, 2.24) is 5.32 Å². The molecule has 0 aromatic heterocycles. The first-order valence-electron chi connectivity index (χ1n) is 6.40. The summed E-state index contributed by atoms with van der Waals surface area (Å²) in [6.07, 6.45) is 2.68. The first-order chi connectivity index (χ1) is 8.19. The van der Waals surface area contributed by atoms with Crippen LogP contribution in [0.2, 0.25) is 0 Å². The second-order valence-electron chi connectivity index (χ2n) is 5.53. The summed E-state index contributed by atoms with van der Waals surface area (Å²) in [4.78, 5) is 2.54. The summed E-state index contributed by atoms with van der Waals surface area (Å²) >= 11 is 3.63. The van der Waals surface area contributed by atoms with Gasteiger partial charge in [0.15, 0.2) is 0 Å². The van der Waals surface area contributed by atoms with Crippen molar-refractivity contribution in [3.05, 3.63) is 28.2 Å². The Morgan fingerprint density at radius 1 is 1.35 bits per heavy atom. The van der Waals surface area contributed by atoms with Gasteiger partial charge in [0.2, 0.25) is 0 Å². The number of benzene rings is 1. The van der Waals surface area contributed by atoms with Crippen LogP contribution in [0.3, 0.4) is 0 Å². The molecular formula is C14H19BrN2. The smallest absolute Gasteiger partial charge is 0.0377 e. The van der Waals surface area contributed by atoms with Crippen LogP contribution in [0.15, 0.2) is 22.7 Å². The van der Waals surface area contributed by atoms with Crippen molar-refractivity contribution in [3.8, 4) is 0 Å². The summed E-state index contributed by atoms with van der Waals surface area (Å²) in [7, 11) is 0. The molecule has 0 radical (unpaired) electrons. The van der Waals surface area contributed by atoms with Gasteiger partial charge in [0, 0.05) is 35.2 Å². The summed E-state index contributed by atoms with van der Waals surface area (Å²) in [5.74, 6) is 0. The number of hydrogen-bond donors (Lipinski definition) is 1. The molecule has 92 valence electrons. The fourth-order valence-electron chi connectivity index (χ4n) is 3.08. The van der Waals surface area contributed by atoms with E-state index in [2.05, 4.69) is 51.3 Å². The van der Waals surface area contributed by atoms with Crippen LogP contribution in [0.5, 0.6) is 0 Å². The standard InChI is InChI=1S/C14H19BrN2/c1-11-2-3-12(8-13(11)15)17-7-5-14(10-17)4-6-16-9-14/h2-3,8,16H,4-7,9-10H2,1H3. The van der Waals surface area contributed by atoms with E-state index >= 15 is 0 Å². The maximum atomic E-state index is 3.63. The van der Waals surface area contributed by atoms with Gasteiger partial charge < -0.3 is 10.2 Å². The van der Waals surface area contributed by atoms with Gasteiger partial charge in [-0.15, -0.1) is 0 Å². The first-order valence-corrected chi connectivity index (χ1v) is 7.20. The molecule has 2 nitrogen and oxygen atoms in total. The van der Waals surface area contributed by atoms with Gasteiger partial charge in [-0.3, -0.25) is 0 Å². The molecule has 1 aromatic carbocycles. The number of anilines is 1. The van der Waals surface area contributed by atoms with E-state index in [1.165, 1.54) is 54.7 Å². The Kier molecular flexibility index (Phi) is 2.91. The van der Waals surface area contributed by atoms with Gasteiger partial charge in [0.05, 0.1) is 0 Å². The Bertz CT molecular complexity index is 424. The van der Waals surface area contributed by atoms with Gasteiger partial charge in [-0.2, -0.15) is 0 Å². The molecule has 1 atom stereocenters. The van der Waals surface area contributed by atoms with Crippen molar-refractivity contribution in [3.63, 3.8) is 0 Å². The number of hydrogen-bond acceptors (Lipinski definition) is 2. The SMILES string of the molecule is Cc1ccc(N2CCC3(CCNC3)C2)cc1Br. The van der Waals surface area contributed by atoms with E-state index < -0.39 is 0 Å². The number of aryl methyl sites for hydroxylation is 1. The summed E-state index contributed by atoms with van der Waals surface area (Å²) in [5, 5.41) is 3.51. The van der Waals surface area contributed by atoms with Crippen LogP contribution in [0.4, 0.5) is 5.69 Å². The lowest BCUT2D eigenvalue weighted by Gasteiger charge is -2.24. The predicted octanol–water partition coefficient (Wildman–Crippen LogP) is 2.95. The van der Waals surface area contributed by atoms with Crippen molar-refractivity contribution < 1.29 is 0 Å². The zero-order valence-electron chi connectivity index (χ0n) is 10.3. The van der Waals surface area contributed by atoms with Crippen LogP contribution in [0, 0.1) is 12.3 Å². The van der Waals surface area contributed by atoms with E-state index in [0.717, 1.165) is 0 Å². The Labute approximate surface area is 112 Å². The van der Waals surface area contributed by atoms with E-state index in [1.807, 2.05) is 0 Å². The molecule has 1 N–H and O–H groups in total. The highest BCUT2D eigenvalue weighted by Crippen LogP contribution is 2.38. The fourth-order valence-corrected chi connectivity index (χ4v) is 3.44. The maximum absolute atomic E-state index is 3.63. The quantitative estimate of drug-likeness (QED) is 0.857. The van der Waals surface area contributed by atoms with Crippen LogP contribution in [-0.4, -0.2) is 26.2 Å². The molecule has 2 heterocycles. The fraction of sp³-hybridized carbons (Fsp3) is 0.571. The zero-order chi connectivity index (χ0) is 11.9. The van der Waals surface area contributed by atoms with Gasteiger partial charge in [0.1, 0.15) is 0 Å². The lowest BCUT2D eigenvalue weighted by Crippen LogP contribution is -2.29. The molecule has 3 rings (SSSR count). The Balaban J connectivity index is 1.79. The summed E-state index contributed by atoms with van der Waals surface area (Å²) < 4.78 is 1.22. The molecule has 2 fully saturated rings. The summed E-state index contributed by atoms with van der Waals surface area (Å²) in [6.45, 7) is 6.97. The van der Waals surface area contributed by atoms with E-state index in [0.29, 0.717) is 5.41 Å². The molecule has 3 heteroatoms. The van der Waals surface area contributed by atoms with Crippen LogP contribution in [0.1, 0.15) is 18.4 Å². The normalized spacial score (nSPS) is 28.2. The largest absolute Gasteiger partial charge is 0.371 e. The first kappa shape index (κ1) is 11.5. The van der Waals surface area contributed by atoms with E-state index in [4.69, 9.17) is 0 Å². The van der Waals surface area contributed by atoms with Gasteiger partial charge in [-0.1, -0.05) is 22.0 Å². The second kappa shape index (κ2) is 4.29. The van der Waals surface area contributed by atoms with Crippen molar-refractivity contribution in [1.29, 1.82) is 0 Å². The number of nitrogens with zero attached hydrogens (tertiary/aromatic N) is 1. The monoisotopic (exact) mass is 294 g/mol. The lowest BCUT2D eigenvalue weighted by atomic mass is 9.86. The average molecular weight is 295 g/mol. The molecule has 17 heavy (non-hydrogen) atoms. The van der Waals surface area contributed by atoms with E-state index in [-0.39, 0.29) is 0 Å². The molecule has 0 aliphatic carbocycles. The van der Waals surface area contributed by atoms with Crippen molar-refractivity contribution in [2.75, 3.05) is 31.1 Å². The van der Waals surface area contributed by atoms with Crippen molar-refractivity contribution in [2.45, 2.75) is 19.8 Å². The van der Waals surface area contributed by atoms with Crippen molar-refractivity contribution >= 4 is 21.6 Å². The third-order valence-electron chi connectivity index (χ3n) is 4.29. The second-order valence-corrected chi connectivity index (χ2v) is 6.39. The third kappa shape index (κ3) is 2.11. The molecule has 2 saturated heterocycles. The third-order valence-corrected chi connectivity index (χ3v) is 5.15. The Hall–Kier alpha value is -0.540. The van der Waals surface area contributed by atoms with Crippen LogP contribution < -0.4 is 10.2 Å². The number of nitrogens with one attached hydrogen (secondary N) is 1. The molecule has 0 bridgehead atoms. The average Bonchev–Trinajstić information content (AvgIpc) is 2.94. The van der Waals surface area contributed by atoms with Crippen LogP contribution in [-0.2, 0) is 0 Å². The van der Waals surface area contributed by atoms with Crippen LogP contribution >= 0.6 is 15.9 Å². The highest BCUT2D eigenvalue weighted by molar-refractivity contribution is 9.10. The minimum absolute atomic E-state index is 0.553. The lowest BCUT2D eigenvalue weighted by molar-refractivity contribution is 0.369. The predicted molar refractivity (Wildman–Crippen MR) is 75.6 cm³/mol. The molecule has 1 unspecified atom stereocenters. The Morgan fingerprint density at radius 2 is 2.24 bits per heavy atom. The molecule has 2 aliphatic heterocycles. The highest BCUT2D eigenvalue weighted by atomic mass is 79.9. The van der Waals surface area contributed by atoms with Gasteiger partial charge in [-0.05, 0) is 44.0 Å². The molecule has 1 spiro atoms. The summed E-state index contributed by atoms with van der Waals surface area (Å²) in [6, 6.07) is 6.72. The topological polar surface area (TPSA) is 15.3 Å². The Morgan fingerprint density at radius 3 is 2.94 bits per heavy atom. The van der Waals surface area contributed by atoms with E-state index in [1.54, 1.807) is 0 Å². The minimum atomic E-state index is 0.553. The number of halogens is 1. The van der Waals surface area contributed by atoms with Crippen LogP contribution in [0.25, 0.3) is 0 Å². The molecule has 0 saturated carbocycles. The molecule has 0 amide bonds. The number of rotatable bonds is 1. The highest BCUT2D eigenvalue weighted by Gasteiger charge is 2.40. The molecule has 1 aromatic rings. The zero-order valence-corrected chi connectivity index (χ0v) is 11.9. The summed E-state index contributed by atoms with van der Waals surface area (Å²) in [5.41, 5.74) is 3.23. The maximum Gasteiger partial charge on any atom is 0.0377 e. The van der Waals surface area contributed by atoms with Gasteiger partial charge >= 0.3 is 0 Å².